The Morgan fingerprint density at radius 3 is 2.38 bits per heavy atom. The number of nitrogens with one attached hydrogen (secondary N) is 1. The average molecular weight is 482 g/mol. The molecule has 11 heteroatoms. The number of anilines is 1. The van der Waals surface area contributed by atoms with Gasteiger partial charge in [-0.1, -0.05) is 36.4 Å². The fourth-order valence-electron chi connectivity index (χ4n) is 3.44. The average Bonchev–Trinajstić information content (AvgIpc) is 2.70. The summed E-state index contributed by atoms with van der Waals surface area (Å²) in [6.07, 6.45) is -0.0370. The maximum Gasteiger partial charge on any atom is 0.469 e. The van der Waals surface area contributed by atoms with Gasteiger partial charge < -0.3 is 14.7 Å². The zero-order valence-electron chi connectivity index (χ0n) is 17.5. The molecule has 0 aromatic heterocycles. The van der Waals surface area contributed by atoms with Gasteiger partial charge in [-0.15, -0.1) is 0 Å². The highest BCUT2D eigenvalue weighted by Crippen LogP contribution is 2.36. The highest BCUT2D eigenvalue weighted by atomic mass is 32.2. The van der Waals surface area contributed by atoms with Gasteiger partial charge in [0.1, 0.15) is 5.82 Å². The van der Waals surface area contributed by atoms with Crippen LogP contribution >= 0.6 is 7.82 Å². The third-order valence-corrected chi connectivity index (χ3v) is 6.83. The molecule has 3 N–H and O–H groups in total. The van der Waals surface area contributed by atoms with Gasteiger partial charge in [-0.05, 0) is 36.2 Å². The van der Waals surface area contributed by atoms with Crippen LogP contribution < -0.4 is 9.62 Å². The molecular weight excluding hydrogens is 458 g/mol. The molecule has 3 rings (SSSR count). The van der Waals surface area contributed by atoms with Crippen molar-refractivity contribution in [2.45, 2.75) is 17.4 Å². The van der Waals surface area contributed by atoms with Crippen LogP contribution in [0, 0.1) is 5.82 Å². The molecule has 0 bridgehead atoms. The van der Waals surface area contributed by atoms with E-state index < -0.39 is 36.3 Å². The SMILES string of the molecule is CN(C)c1cccc2c(S(=O)(=O)N[C@@H](COP(=O)(O)O)Cc3cccc(F)c3)cccc12. The minimum Gasteiger partial charge on any atom is -0.377 e. The van der Waals surface area contributed by atoms with E-state index in [0.717, 1.165) is 11.1 Å². The number of fused-ring (bicyclic) bond motifs is 1. The Kier molecular flexibility index (Phi) is 7.34. The van der Waals surface area contributed by atoms with Gasteiger partial charge in [0.2, 0.25) is 10.0 Å². The number of halogens is 1. The summed E-state index contributed by atoms with van der Waals surface area (Å²) in [6, 6.07) is 14.6. The first-order chi connectivity index (χ1) is 15.0. The minimum absolute atomic E-state index is 0.0131. The van der Waals surface area contributed by atoms with Crippen LogP contribution in [0.2, 0.25) is 0 Å². The zero-order valence-corrected chi connectivity index (χ0v) is 19.2. The van der Waals surface area contributed by atoms with Crippen LogP contribution in [0.25, 0.3) is 10.8 Å². The standard InChI is InChI=1S/C21H24FN2O6PS/c1-24(2)20-10-4-9-19-18(20)8-5-11-21(19)32(28,29)23-17(14-30-31(25,26)27)13-15-6-3-7-16(22)12-15/h3-12,17,23H,13-14H2,1-2H3,(H2,25,26,27)/t17-/m1/s1. The van der Waals surface area contributed by atoms with Crippen molar-refractivity contribution in [2.24, 2.45) is 0 Å². The predicted molar refractivity (Wildman–Crippen MR) is 120 cm³/mol. The maximum absolute atomic E-state index is 13.6. The second-order valence-electron chi connectivity index (χ2n) is 7.46. The summed E-state index contributed by atoms with van der Waals surface area (Å²) in [5, 5.41) is 1.22. The lowest BCUT2D eigenvalue weighted by molar-refractivity contribution is 0.182. The highest BCUT2D eigenvalue weighted by Gasteiger charge is 2.26. The molecule has 0 spiro atoms. The predicted octanol–water partition coefficient (Wildman–Crippen LogP) is 3.04. The molecule has 0 unspecified atom stereocenters. The molecule has 0 aliphatic carbocycles. The van der Waals surface area contributed by atoms with E-state index >= 15 is 0 Å². The largest absolute Gasteiger partial charge is 0.469 e. The molecule has 3 aromatic carbocycles. The number of rotatable bonds is 9. The van der Waals surface area contributed by atoms with E-state index in [4.69, 9.17) is 9.79 Å². The molecule has 0 saturated heterocycles. The van der Waals surface area contributed by atoms with E-state index in [1.165, 1.54) is 24.3 Å². The number of hydrogen-bond donors (Lipinski definition) is 3. The molecule has 0 aliphatic heterocycles. The number of benzene rings is 3. The third kappa shape index (κ3) is 6.13. The van der Waals surface area contributed by atoms with E-state index in [0.29, 0.717) is 10.9 Å². The fraction of sp³-hybridized carbons (Fsp3) is 0.238. The number of hydrogen-bond acceptors (Lipinski definition) is 5. The zero-order chi connectivity index (χ0) is 23.5. The lowest BCUT2D eigenvalue weighted by Crippen LogP contribution is -2.39. The Hall–Kier alpha value is -2.33. The van der Waals surface area contributed by atoms with E-state index in [1.54, 1.807) is 24.3 Å². The Labute approximate surface area is 185 Å². The molecule has 0 fully saturated rings. The van der Waals surface area contributed by atoms with Gasteiger partial charge in [-0.2, -0.15) is 0 Å². The van der Waals surface area contributed by atoms with E-state index in [9.17, 15) is 17.4 Å². The summed E-state index contributed by atoms with van der Waals surface area (Å²) in [6.45, 7) is -0.603. The topological polar surface area (TPSA) is 116 Å². The maximum atomic E-state index is 13.6. The van der Waals surface area contributed by atoms with Gasteiger partial charge in [0.15, 0.2) is 0 Å². The van der Waals surface area contributed by atoms with Crippen LogP contribution in [0.5, 0.6) is 0 Å². The lowest BCUT2D eigenvalue weighted by atomic mass is 10.1. The van der Waals surface area contributed by atoms with Crippen LogP contribution in [-0.2, 0) is 25.5 Å². The van der Waals surface area contributed by atoms with Gasteiger partial charge in [0.25, 0.3) is 0 Å². The summed E-state index contributed by atoms with van der Waals surface area (Å²) in [4.78, 5) is 20.0. The molecule has 8 nitrogen and oxygen atoms in total. The van der Waals surface area contributed by atoms with Gasteiger partial charge in [-0.3, -0.25) is 4.52 Å². The van der Waals surface area contributed by atoms with Gasteiger partial charge in [-0.25, -0.2) is 22.1 Å². The molecule has 172 valence electrons. The minimum atomic E-state index is -4.84. The first kappa shape index (κ1) is 24.3. The summed E-state index contributed by atoms with van der Waals surface area (Å²) in [5.74, 6) is -0.509. The Balaban J connectivity index is 1.97. The normalized spacial score (nSPS) is 13.3. The monoisotopic (exact) mass is 482 g/mol. The Bertz CT molecular complexity index is 1260. The van der Waals surface area contributed by atoms with E-state index in [1.807, 2.05) is 31.1 Å². The van der Waals surface area contributed by atoms with Crippen molar-refractivity contribution < 1.29 is 31.7 Å². The van der Waals surface area contributed by atoms with Crippen LogP contribution in [-0.4, -0.2) is 44.9 Å². The Morgan fingerprint density at radius 1 is 1.06 bits per heavy atom. The molecule has 1 atom stereocenters. The van der Waals surface area contributed by atoms with Crippen molar-refractivity contribution in [1.29, 1.82) is 0 Å². The molecule has 32 heavy (non-hydrogen) atoms. The first-order valence-electron chi connectivity index (χ1n) is 9.62. The van der Waals surface area contributed by atoms with Crippen LogP contribution in [0.1, 0.15) is 5.56 Å². The van der Waals surface area contributed by atoms with Crippen LogP contribution in [0.15, 0.2) is 65.6 Å². The quantitative estimate of drug-likeness (QED) is 0.402. The second kappa shape index (κ2) is 9.66. The number of phosphoric ester groups is 1. The molecule has 0 saturated carbocycles. The smallest absolute Gasteiger partial charge is 0.377 e. The molecule has 0 radical (unpaired) electrons. The van der Waals surface area contributed by atoms with Crippen LogP contribution in [0.3, 0.4) is 0 Å². The Morgan fingerprint density at radius 2 is 1.72 bits per heavy atom. The van der Waals surface area contributed by atoms with Crippen molar-refractivity contribution in [3.63, 3.8) is 0 Å². The van der Waals surface area contributed by atoms with Crippen molar-refractivity contribution >= 4 is 34.3 Å². The molecular formula is C21H24FN2O6PS. The lowest BCUT2D eigenvalue weighted by Gasteiger charge is -2.21. The number of nitrogens with zero attached hydrogens (tertiary/aromatic N) is 1. The van der Waals surface area contributed by atoms with Crippen molar-refractivity contribution in [3.8, 4) is 0 Å². The van der Waals surface area contributed by atoms with Gasteiger partial charge in [0.05, 0.1) is 17.5 Å². The fourth-order valence-corrected chi connectivity index (χ4v) is 5.26. The molecule has 0 heterocycles. The molecule has 3 aromatic rings. The summed E-state index contributed by atoms with van der Waals surface area (Å²) in [5.41, 5.74) is 1.28. The molecule has 0 aliphatic rings. The van der Waals surface area contributed by atoms with Crippen molar-refractivity contribution in [1.82, 2.24) is 4.72 Å². The number of sulfonamides is 1. The summed E-state index contributed by atoms with van der Waals surface area (Å²) in [7, 11) is -5.26. The van der Waals surface area contributed by atoms with E-state index in [-0.39, 0.29) is 11.3 Å². The van der Waals surface area contributed by atoms with Gasteiger partial charge >= 0.3 is 7.82 Å². The third-order valence-electron chi connectivity index (χ3n) is 4.77. The highest BCUT2D eigenvalue weighted by molar-refractivity contribution is 7.89. The number of phosphoric acid groups is 1. The van der Waals surface area contributed by atoms with Crippen molar-refractivity contribution in [2.75, 3.05) is 25.6 Å². The summed E-state index contributed by atoms with van der Waals surface area (Å²) >= 11 is 0. The van der Waals surface area contributed by atoms with Crippen LogP contribution in [0.4, 0.5) is 10.1 Å². The molecule has 0 amide bonds. The second-order valence-corrected chi connectivity index (χ2v) is 10.4. The first-order valence-corrected chi connectivity index (χ1v) is 12.6. The van der Waals surface area contributed by atoms with Gasteiger partial charge in [0, 0.05) is 30.6 Å². The van der Waals surface area contributed by atoms with E-state index in [2.05, 4.69) is 9.25 Å². The van der Waals surface area contributed by atoms with Crippen molar-refractivity contribution in [3.05, 3.63) is 72.0 Å². The summed E-state index contributed by atoms with van der Waals surface area (Å²) < 4.78 is 58.3.